The molecule has 6 nitrogen and oxygen atoms in total. The molecule has 31 heavy (non-hydrogen) atoms. The summed E-state index contributed by atoms with van der Waals surface area (Å²) >= 11 is 0. The van der Waals surface area contributed by atoms with Gasteiger partial charge in [-0.05, 0) is 63.1 Å². The Morgan fingerprint density at radius 1 is 1.32 bits per heavy atom. The van der Waals surface area contributed by atoms with E-state index >= 15 is 0 Å². The minimum atomic E-state index is -1.77. The van der Waals surface area contributed by atoms with E-state index in [1.807, 2.05) is 13.0 Å². The zero-order valence-electron chi connectivity index (χ0n) is 20.0. The predicted octanol–water partition coefficient (Wildman–Crippen LogP) is 4.99. The maximum atomic E-state index is 11.8. The van der Waals surface area contributed by atoms with Gasteiger partial charge in [0.2, 0.25) is 0 Å². The van der Waals surface area contributed by atoms with Crippen LogP contribution in [0.2, 0.25) is 19.1 Å². The Hall–Kier alpha value is -0.733. The SMILES string of the molecule is CCC1O[C@H]2C[C@@H](OC3CCCCO3)[C@H](CO[Si](C)(C)CC(C)C)[C@H]2CC=C1C(=O)O. The summed E-state index contributed by atoms with van der Waals surface area (Å²) in [7, 11) is -1.77. The van der Waals surface area contributed by atoms with Gasteiger partial charge < -0.3 is 23.7 Å². The molecule has 2 aliphatic heterocycles. The summed E-state index contributed by atoms with van der Waals surface area (Å²) in [6, 6.07) is 1.13. The lowest BCUT2D eigenvalue weighted by molar-refractivity contribution is -0.198. The Morgan fingerprint density at radius 2 is 2.10 bits per heavy atom. The minimum absolute atomic E-state index is 0.00452. The Morgan fingerprint density at radius 3 is 2.71 bits per heavy atom. The second-order valence-corrected chi connectivity index (χ2v) is 14.7. The molecular formula is C24H42O6Si. The molecule has 0 spiro atoms. The smallest absolute Gasteiger partial charge is 0.333 e. The molecular weight excluding hydrogens is 412 g/mol. The summed E-state index contributed by atoms with van der Waals surface area (Å²) in [6.07, 6.45) is 6.74. The van der Waals surface area contributed by atoms with Crippen LogP contribution in [0.4, 0.5) is 0 Å². The number of carboxylic acid groups (broad SMARTS) is 1. The molecule has 2 heterocycles. The van der Waals surface area contributed by atoms with E-state index in [1.54, 1.807) is 0 Å². The fourth-order valence-corrected chi connectivity index (χ4v) is 8.33. The lowest BCUT2D eigenvalue weighted by Crippen LogP contribution is -2.39. The van der Waals surface area contributed by atoms with Crippen LogP contribution in [0.15, 0.2) is 11.6 Å². The molecule has 1 saturated carbocycles. The maximum absolute atomic E-state index is 11.8. The van der Waals surface area contributed by atoms with Crippen molar-refractivity contribution in [2.24, 2.45) is 17.8 Å². The number of fused-ring (bicyclic) bond motifs is 1. The monoisotopic (exact) mass is 454 g/mol. The summed E-state index contributed by atoms with van der Waals surface area (Å²) in [5.41, 5.74) is 0.402. The molecule has 2 unspecified atom stereocenters. The highest BCUT2D eigenvalue weighted by atomic mass is 28.4. The fourth-order valence-electron chi connectivity index (χ4n) is 5.60. The molecule has 3 rings (SSSR count). The molecule has 1 saturated heterocycles. The Balaban J connectivity index is 1.76. The van der Waals surface area contributed by atoms with Gasteiger partial charge in [-0.2, -0.15) is 0 Å². The van der Waals surface area contributed by atoms with Crippen LogP contribution in [-0.2, 0) is 23.4 Å². The highest BCUT2D eigenvalue weighted by Crippen LogP contribution is 2.43. The minimum Gasteiger partial charge on any atom is -0.478 e. The molecule has 7 heteroatoms. The van der Waals surface area contributed by atoms with E-state index in [0.29, 0.717) is 30.9 Å². The van der Waals surface area contributed by atoms with E-state index in [1.165, 1.54) is 0 Å². The Kier molecular flexibility index (Phi) is 8.77. The maximum Gasteiger partial charge on any atom is 0.333 e. The lowest BCUT2D eigenvalue weighted by atomic mass is 9.91. The highest BCUT2D eigenvalue weighted by molar-refractivity contribution is 6.71. The van der Waals surface area contributed by atoms with Crippen LogP contribution in [0, 0.1) is 17.8 Å². The van der Waals surface area contributed by atoms with Gasteiger partial charge in [-0.1, -0.05) is 26.8 Å². The number of aliphatic carboxylic acids is 1. The third kappa shape index (κ3) is 6.63. The van der Waals surface area contributed by atoms with Crippen molar-refractivity contribution in [3.05, 3.63) is 11.6 Å². The zero-order chi connectivity index (χ0) is 22.6. The van der Waals surface area contributed by atoms with Crippen molar-refractivity contribution >= 4 is 14.3 Å². The van der Waals surface area contributed by atoms with Gasteiger partial charge in [0.05, 0.1) is 23.9 Å². The summed E-state index contributed by atoms with van der Waals surface area (Å²) in [6.45, 7) is 12.5. The fraction of sp³-hybridized carbons (Fsp3) is 0.875. The van der Waals surface area contributed by atoms with Gasteiger partial charge in [0.25, 0.3) is 0 Å². The van der Waals surface area contributed by atoms with Crippen LogP contribution in [0.1, 0.15) is 59.3 Å². The number of carboxylic acids is 1. The van der Waals surface area contributed by atoms with Gasteiger partial charge >= 0.3 is 5.97 Å². The number of rotatable bonds is 9. The largest absolute Gasteiger partial charge is 0.478 e. The van der Waals surface area contributed by atoms with Crippen LogP contribution < -0.4 is 0 Å². The van der Waals surface area contributed by atoms with Gasteiger partial charge in [0.15, 0.2) is 14.6 Å². The average Bonchev–Trinajstić information content (AvgIpc) is 2.89. The number of allylic oxidation sites excluding steroid dienone is 1. The lowest BCUT2D eigenvalue weighted by Gasteiger charge is -2.33. The van der Waals surface area contributed by atoms with Crippen molar-refractivity contribution in [3.8, 4) is 0 Å². The number of hydrogen-bond donors (Lipinski definition) is 1. The molecule has 0 aromatic carbocycles. The van der Waals surface area contributed by atoms with Crippen LogP contribution in [0.5, 0.6) is 0 Å². The molecule has 2 fully saturated rings. The summed E-state index contributed by atoms with van der Waals surface area (Å²) in [5.74, 6) is 0.154. The van der Waals surface area contributed by atoms with Crippen molar-refractivity contribution < 1.29 is 28.5 Å². The van der Waals surface area contributed by atoms with Gasteiger partial charge in [-0.25, -0.2) is 4.79 Å². The van der Waals surface area contributed by atoms with Crippen molar-refractivity contribution in [2.45, 2.75) is 103 Å². The number of ether oxygens (including phenoxy) is 3. The molecule has 0 aromatic rings. The van der Waals surface area contributed by atoms with Crippen molar-refractivity contribution in [2.75, 3.05) is 13.2 Å². The molecule has 0 aromatic heterocycles. The van der Waals surface area contributed by atoms with E-state index in [0.717, 1.165) is 38.3 Å². The zero-order valence-corrected chi connectivity index (χ0v) is 21.0. The van der Waals surface area contributed by atoms with E-state index in [9.17, 15) is 9.90 Å². The quantitative estimate of drug-likeness (QED) is 0.495. The normalized spacial score (nSPS) is 34.3. The highest BCUT2D eigenvalue weighted by Gasteiger charge is 2.48. The Bertz CT molecular complexity index is 628. The van der Waals surface area contributed by atoms with E-state index in [-0.39, 0.29) is 36.4 Å². The Labute approximate surface area is 188 Å². The third-order valence-corrected chi connectivity index (χ3v) is 9.66. The van der Waals surface area contributed by atoms with Crippen molar-refractivity contribution in [1.29, 1.82) is 0 Å². The van der Waals surface area contributed by atoms with Crippen LogP contribution >= 0.6 is 0 Å². The summed E-state index contributed by atoms with van der Waals surface area (Å²) in [5, 5.41) is 9.65. The van der Waals surface area contributed by atoms with Gasteiger partial charge in [-0.15, -0.1) is 0 Å². The first-order chi connectivity index (χ1) is 14.7. The van der Waals surface area contributed by atoms with Crippen LogP contribution in [0.3, 0.4) is 0 Å². The standard InChI is InChI=1S/C24H42O6Si/c1-6-20-18(24(25)26)11-10-17-19(14-28-31(4,5)15-16(2)3)22(13-21(17)29-20)30-23-9-7-8-12-27-23/h11,16-17,19-23H,6-10,12-15H2,1-5H3,(H,25,26)/t17-,19-,20?,21+,22-,23?/m1/s1. The molecule has 178 valence electrons. The second kappa shape index (κ2) is 10.9. The first-order valence-corrected chi connectivity index (χ1v) is 15.3. The molecule has 0 amide bonds. The van der Waals surface area contributed by atoms with Gasteiger partial charge in [0, 0.05) is 25.6 Å². The van der Waals surface area contributed by atoms with Crippen LogP contribution in [-0.4, -0.2) is 57.2 Å². The van der Waals surface area contributed by atoms with E-state index < -0.39 is 14.3 Å². The average molecular weight is 455 g/mol. The summed E-state index contributed by atoms with van der Waals surface area (Å²) < 4.78 is 25.3. The first kappa shape index (κ1) is 24.9. The molecule has 1 aliphatic carbocycles. The van der Waals surface area contributed by atoms with Crippen molar-refractivity contribution in [1.82, 2.24) is 0 Å². The molecule has 3 aliphatic rings. The summed E-state index contributed by atoms with van der Waals surface area (Å²) in [4.78, 5) is 11.8. The van der Waals surface area contributed by atoms with Crippen molar-refractivity contribution in [3.63, 3.8) is 0 Å². The van der Waals surface area contributed by atoms with E-state index in [2.05, 4.69) is 26.9 Å². The molecule has 0 bridgehead atoms. The molecule has 0 radical (unpaired) electrons. The van der Waals surface area contributed by atoms with Crippen LogP contribution in [0.25, 0.3) is 0 Å². The second-order valence-electron chi connectivity index (χ2n) is 10.5. The van der Waals surface area contributed by atoms with Gasteiger partial charge in [0.1, 0.15) is 0 Å². The van der Waals surface area contributed by atoms with Gasteiger partial charge in [-0.3, -0.25) is 0 Å². The number of carbonyl (C=O) groups is 1. The predicted molar refractivity (Wildman–Crippen MR) is 122 cm³/mol. The van der Waals surface area contributed by atoms with E-state index in [4.69, 9.17) is 18.6 Å². The third-order valence-electron chi connectivity index (χ3n) is 6.91. The molecule has 6 atom stereocenters. The molecule has 1 N–H and O–H groups in total. The number of hydrogen-bond acceptors (Lipinski definition) is 5. The first-order valence-electron chi connectivity index (χ1n) is 12.2. The topological polar surface area (TPSA) is 74.2 Å².